The lowest BCUT2D eigenvalue weighted by atomic mass is 10.1. The number of amides is 2. The van der Waals surface area contributed by atoms with Crippen LogP contribution in [0.25, 0.3) is 0 Å². The number of hydrogen-bond donors (Lipinski definition) is 3. The van der Waals surface area contributed by atoms with E-state index >= 15 is 0 Å². The van der Waals surface area contributed by atoms with Crippen molar-refractivity contribution in [3.05, 3.63) is 41.6 Å². The number of fused-ring (bicyclic) bond motifs is 1. The molecule has 1 aromatic carbocycles. The van der Waals surface area contributed by atoms with E-state index in [0.29, 0.717) is 18.3 Å². The Labute approximate surface area is 152 Å². The third-order valence-electron chi connectivity index (χ3n) is 4.53. The monoisotopic (exact) mass is 357 g/mol. The highest BCUT2D eigenvalue weighted by Gasteiger charge is 2.31. The molecular weight excluding hydrogens is 334 g/mol. The molecule has 2 atom stereocenters. The summed E-state index contributed by atoms with van der Waals surface area (Å²) in [6.45, 7) is 3.72. The van der Waals surface area contributed by atoms with Crippen LogP contribution in [0.2, 0.25) is 0 Å². The summed E-state index contributed by atoms with van der Waals surface area (Å²) >= 11 is 0. The summed E-state index contributed by atoms with van der Waals surface area (Å²) < 4.78 is 0. The van der Waals surface area contributed by atoms with Crippen molar-refractivity contribution in [2.45, 2.75) is 32.5 Å². The number of nitrogens with zero attached hydrogens (tertiary/aromatic N) is 4. The highest BCUT2D eigenvalue weighted by atomic mass is 16.3. The maximum atomic E-state index is 12.8. The maximum Gasteiger partial charge on any atom is 0.330 e. The van der Waals surface area contributed by atoms with Gasteiger partial charge in [-0.2, -0.15) is 4.98 Å². The van der Waals surface area contributed by atoms with Gasteiger partial charge in [-0.1, -0.05) is 18.2 Å². The van der Waals surface area contributed by atoms with Gasteiger partial charge in [0.1, 0.15) is 5.82 Å². The number of nitrogens with one attached hydrogen (secondary N) is 1. The van der Waals surface area contributed by atoms with Crippen LogP contribution >= 0.6 is 0 Å². The van der Waals surface area contributed by atoms with Crippen molar-refractivity contribution in [3.8, 4) is 0 Å². The van der Waals surface area contributed by atoms with Crippen LogP contribution in [0.5, 0.6) is 0 Å². The standard InChI is InChI=1S/C18H23N5O3/c1-11-6-4-5-7-14(11)23-9-13-8-19-17(20-12(2)15(25)10-24)21-16(13)22(3)18(23)26/h4-8,12,15,24-25H,9-10H2,1-3H3,(H,19,20,21). The van der Waals surface area contributed by atoms with Crippen LogP contribution in [0.3, 0.4) is 0 Å². The van der Waals surface area contributed by atoms with Gasteiger partial charge in [0.05, 0.1) is 25.3 Å². The zero-order chi connectivity index (χ0) is 18.8. The topological polar surface area (TPSA) is 102 Å². The van der Waals surface area contributed by atoms with Gasteiger partial charge in [0.15, 0.2) is 0 Å². The summed E-state index contributed by atoms with van der Waals surface area (Å²) in [5.41, 5.74) is 2.71. The Morgan fingerprint density at radius 2 is 2.08 bits per heavy atom. The molecule has 2 heterocycles. The van der Waals surface area contributed by atoms with Gasteiger partial charge in [-0.15, -0.1) is 0 Å². The summed E-state index contributed by atoms with van der Waals surface area (Å²) in [7, 11) is 1.67. The third-order valence-corrected chi connectivity index (χ3v) is 4.53. The second-order valence-electron chi connectivity index (χ2n) is 6.44. The molecule has 2 aromatic rings. The predicted molar refractivity (Wildman–Crippen MR) is 99.4 cm³/mol. The molecule has 2 unspecified atom stereocenters. The van der Waals surface area contributed by atoms with Crippen molar-refractivity contribution in [2.24, 2.45) is 0 Å². The molecule has 0 spiro atoms. The Morgan fingerprint density at radius 1 is 1.35 bits per heavy atom. The Hall–Kier alpha value is -2.71. The van der Waals surface area contributed by atoms with Crippen molar-refractivity contribution in [3.63, 3.8) is 0 Å². The molecular formula is C18H23N5O3. The van der Waals surface area contributed by atoms with Gasteiger partial charge in [-0.3, -0.25) is 9.80 Å². The minimum atomic E-state index is -0.925. The lowest BCUT2D eigenvalue weighted by Gasteiger charge is -2.34. The summed E-state index contributed by atoms with van der Waals surface area (Å²) in [5, 5.41) is 21.6. The number of para-hydroxylation sites is 1. The SMILES string of the molecule is Cc1ccccc1N1Cc2cnc(NC(C)C(O)CO)nc2N(C)C1=O. The quantitative estimate of drug-likeness (QED) is 0.750. The first-order valence-corrected chi connectivity index (χ1v) is 8.44. The highest BCUT2D eigenvalue weighted by molar-refractivity contribution is 6.05. The second kappa shape index (κ2) is 7.27. The number of carbonyl (C=O) groups excluding carboxylic acids is 1. The van der Waals surface area contributed by atoms with Gasteiger partial charge in [-0.05, 0) is 25.5 Å². The predicted octanol–water partition coefficient (Wildman–Crippen LogP) is 1.52. The molecule has 1 aromatic heterocycles. The molecule has 8 heteroatoms. The maximum absolute atomic E-state index is 12.8. The number of hydrogen-bond acceptors (Lipinski definition) is 6. The summed E-state index contributed by atoms with van der Waals surface area (Å²) in [5.74, 6) is 0.829. The molecule has 1 aliphatic rings. The van der Waals surface area contributed by atoms with Crippen LogP contribution in [0.1, 0.15) is 18.1 Å². The van der Waals surface area contributed by atoms with Crippen molar-refractivity contribution in [1.29, 1.82) is 0 Å². The third kappa shape index (κ3) is 3.33. The van der Waals surface area contributed by atoms with E-state index < -0.39 is 12.1 Å². The zero-order valence-corrected chi connectivity index (χ0v) is 15.0. The summed E-state index contributed by atoms with van der Waals surface area (Å²) in [6, 6.07) is 7.14. The zero-order valence-electron chi connectivity index (χ0n) is 15.0. The molecule has 3 rings (SSSR count). The van der Waals surface area contributed by atoms with Gasteiger partial charge in [0.25, 0.3) is 0 Å². The van der Waals surface area contributed by atoms with E-state index in [1.165, 1.54) is 4.90 Å². The number of benzene rings is 1. The van der Waals surface area contributed by atoms with Crippen molar-refractivity contribution in [2.75, 3.05) is 28.8 Å². The smallest absolute Gasteiger partial charge is 0.330 e. The normalized spacial score (nSPS) is 16.3. The van der Waals surface area contributed by atoms with Crippen LogP contribution in [0.4, 0.5) is 22.2 Å². The Balaban J connectivity index is 1.88. The number of anilines is 3. The first-order chi connectivity index (χ1) is 12.4. The second-order valence-corrected chi connectivity index (χ2v) is 6.44. The van der Waals surface area contributed by atoms with Crippen LogP contribution in [0.15, 0.2) is 30.5 Å². The molecule has 0 radical (unpaired) electrons. The molecule has 2 amide bonds. The van der Waals surface area contributed by atoms with Crippen molar-refractivity contribution >= 4 is 23.5 Å². The van der Waals surface area contributed by atoms with E-state index in [4.69, 9.17) is 5.11 Å². The molecule has 0 bridgehead atoms. The number of rotatable bonds is 5. The number of aliphatic hydroxyl groups excluding tert-OH is 2. The van der Waals surface area contributed by atoms with Gasteiger partial charge < -0.3 is 15.5 Å². The molecule has 138 valence electrons. The van der Waals surface area contributed by atoms with E-state index in [9.17, 15) is 9.90 Å². The van der Waals surface area contributed by atoms with E-state index in [1.54, 1.807) is 25.1 Å². The lowest BCUT2D eigenvalue weighted by Crippen LogP contribution is -2.46. The lowest BCUT2D eigenvalue weighted by molar-refractivity contribution is 0.0837. The van der Waals surface area contributed by atoms with Crippen LogP contribution in [0, 0.1) is 6.92 Å². The fraction of sp³-hybridized carbons (Fsp3) is 0.389. The number of aliphatic hydroxyl groups is 2. The van der Waals surface area contributed by atoms with E-state index in [-0.39, 0.29) is 12.6 Å². The first-order valence-electron chi connectivity index (χ1n) is 8.44. The van der Waals surface area contributed by atoms with Gasteiger partial charge in [-0.25, -0.2) is 9.78 Å². The van der Waals surface area contributed by atoms with E-state index in [0.717, 1.165) is 16.8 Å². The fourth-order valence-corrected chi connectivity index (χ4v) is 2.89. The van der Waals surface area contributed by atoms with Crippen LogP contribution in [-0.4, -0.2) is 52.0 Å². The Bertz CT molecular complexity index is 813. The highest BCUT2D eigenvalue weighted by Crippen LogP contribution is 2.31. The Kier molecular flexibility index (Phi) is 5.06. The first kappa shape index (κ1) is 18.1. The minimum absolute atomic E-state index is 0.167. The van der Waals surface area contributed by atoms with Crippen LogP contribution < -0.4 is 15.1 Å². The number of carbonyl (C=O) groups is 1. The average molecular weight is 357 g/mol. The minimum Gasteiger partial charge on any atom is -0.394 e. The Morgan fingerprint density at radius 3 is 2.77 bits per heavy atom. The largest absolute Gasteiger partial charge is 0.394 e. The van der Waals surface area contributed by atoms with Crippen molar-refractivity contribution < 1.29 is 15.0 Å². The summed E-state index contributed by atoms with van der Waals surface area (Å²) in [4.78, 5) is 24.7. The van der Waals surface area contributed by atoms with Gasteiger partial charge >= 0.3 is 6.03 Å². The molecule has 0 saturated carbocycles. The molecule has 26 heavy (non-hydrogen) atoms. The molecule has 1 aliphatic heterocycles. The molecule has 0 aliphatic carbocycles. The summed E-state index contributed by atoms with van der Waals surface area (Å²) in [6.07, 6.45) is 0.752. The van der Waals surface area contributed by atoms with Crippen molar-refractivity contribution in [1.82, 2.24) is 9.97 Å². The molecule has 0 fully saturated rings. The fourth-order valence-electron chi connectivity index (χ4n) is 2.89. The number of urea groups is 1. The molecule has 8 nitrogen and oxygen atoms in total. The van der Waals surface area contributed by atoms with E-state index in [1.807, 2.05) is 31.2 Å². The van der Waals surface area contributed by atoms with Crippen LogP contribution in [-0.2, 0) is 6.54 Å². The number of aromatic nitrogens is 2. The molecule has 0 saturated heterocycles. The number of aryl methyl sites for hydroxylation is 1. The van der Waals surface area contributed by atoms with Gasteiger partial charge in [0.2, 0.25) is 5.95 Å². The van der Waals surface area contributed by atoms with Gasteiger partial charge in [0, 0.05) is 24.5 Å². The van der Waals surface area contributed by atoms with E-state index in [2.05, 4.69) is 15.3 Å². The molecule has 3 N–H and O–H groups in total. The average Bonchev–Trinajstić information content (AvgIpc) is 2.65.